The zero-order chi connectivity index (χ0) is 16.4. The molecule has 1 aliphatic carbocycles. The Morgan fingerprint density at radius 2 is 2.04 bits per heavy atom. The summed E-state index contributed by atoms with van der Waals surface area (Å²) in [7, 11) is 3.62. The van der Waals surface area contributed by atoms with E-state index in [9.17, 15) is 0 Å². The van der Waals surface area contributed by atoms with Crippen LogP contribution in [0.1, 0.15) is 25.7 Å². The Labute approximate surface area is 144 Å². The summed E-state index contributed by atoms with van der Waals surface area (Å²) < 4.78 is 5.25. The SMILES string of the molecule is CN=C(NCCSc1ccccc1)NCC1(CCOC)CCC1. The molecule has 0 amide bonds. The molecule has 23 heavy (non-hydrogen) atoms. The Morgan fingerprint density at radius 1 is 1.26 bits per heavy atom. The first-order chi connectivity index (χ1) is 11.3. The van der Waals surface area contributed by atoms with Crippen LogP contribution in [0.2, 0.25) is 0 Å². The highest BCUT2D eigenvalue weighted by Gasteiger charge is 2.36. The lowest BCUT2D eigenvalue weighted by molar-refractivity contribution is 0.0733. The molecule has 0 radical (unpaired) electrons. The zero-order valence-corrected chi connectivity index (χ0v) is 15.1. The molecule has 0 unspecified atom stereocenters. The van der Waals surface area contributed by atoms with E-state index in [0.717, 1.165) is 37.8 Å². The summed E-state index contributed by atoms with van der Waals surface area (Å²) in [6.45, 7) is 2.74. The number of methoxy groups -OCH3 is 1. The molecular formula is C18H29N3OS. The van der Waals surface area contributed by atoms with Gasteiger partial charge in [-0.15, -0.1) is 11.8 Å². The van der Waals surface area contributed by atoms with E-state index in [-0.39, 0.29) is 0 Å². The van der Waals surface area contributed by atoms with Crippen molar-refractivity contribution in [3.63, 3.8) is 0 Å². The summed E-state index contributed by atoms with van der Waals surface area (Å²) in [6, 6.07) is 10.5. The van der Waals surface area contributed by atoms with Gasteiger partial charge in [0, 0.05) is 44.5 Å². The minimum absolute atomic E-state index is 0.409. The van der Waals surface area contributed by atoms with Crippen LogP contribution in [0.25, 0.3) is 0 Å². The standard InChI is InChI=1S/C18H29N3OS/c1-19-17(20-12-14-23-16-7-4-3-5-8-16)21-15-18(9-6-10-18)11-13-22-2/h3-5,7-8H,6,9-15H2,1-2H3,(H2,19,20,21). The molecule has 0 aromatic heterocycles. The Kier molecular flexibility index (Phi) is 7.76. The van der Waals surface area contributed by atoms with Crippen LogP contribution < -0.4 is 10.6 Å². The Bertz CT molecular complexity index is 474. The van der Waals surface area contributed by atoms with E-state index in [1.165, 1.54) is 24.2 Å². The van der Waals surface area contributed by atoms with Crippen molar-refractivity contribution in [2.45, 2.75) is 30.6 Å². The molecule has 1 aromatic carbocycles. The van der Waals surface area contributed by atoms with Crippen LogP contribution in [0.5, 0.6) is 0 Å². The molecule has 0 saturated heterocycles. The number of rotatable bonds is 9. The van der Waals surface area contributed by atoms with Crippen LogP contribution in [0.15, 0.2) is 40.2 Å². The Balaban J connectivity index is 1.65. The second kappa shape index (κ2) is 9.83. The van der Waals surface area contributed by atoms with Crippen LogP contribution in [0.3, 0.4) is 0 Å². The first-order valence-corrected chi connectivity index (χ1v) is 9.38. The van der Waals surface area contributed by atoms with Crippen molar-refractivity contribution in [1.82, 2.24) is 10.6 Å². The topological polar surface area (TPSA) is 45.7 Å². The third-order valence-corrected chi connectivity index (χ3v) is 5.53. The van der Waals surface area contributed by atoms with Gasteiger partial charge in [-0.1, -0.05) is 24.6 Å². The number of hydrogen-bond donors (Lipinski definition) is 2. The van der Waals surface area contributed by atoms with Gasteiger partial charge in [-0.25, -0.2) is 0 Å². The van der Waals surface area contributed by atoms with Crippen molar-refractivity contribution in [2.24, 2.45) is 10.4 Å². The molecule has 0 heterocycles. The summed E-state index contributed by atoms with van der Waals surface area (Å²) in [5.41, 5.74) is 0.409. The van der Waals surface area contributed by atoms with Gasteiger partial charge in [0.05, 0.1) is 0 Å². The summed E-state index contributed by atoms with van der Waals surface area (Å²) in [4.78, 5) is 5.64. The highest BCUT2D eigenvalue weighted by molar-refractivity contribution is 7.99. The molecule has 1 aliphatic rings. The van der Waals surface area contributed by atoms with E-state index in [0.29, 0.717) is 5.41 Å². The number of thioether (sulfide) groups is 1. The van der Waals surface area contributed by atoms with Gasteiger partial charge in [0.1, 0.15) is 0 Å². The minimum Gasteiger partial charge on any atom is -0.385 e. The first-order valence-electron chi connectivity index (χ1n) is 8.39. The van der Waals surface area contributed by atoms with Crippen molar-refractivity contribution >= 4 is 17.7 Å². The maximum absolute atomic E-state index is 5.25. The lowest BCUT2D eigenvalue weighted by atomic mass is 9.67. The Hall–Kier alpha value is -1.20. The molecule has 1 fully saturated rings. The van der Waals surface area contributed by atoms with Crippen LogP contribution in [-0.4, -0.2) is 45.6 Å². The number of aliphatic imine (C=N–C) groups is 1. The molecule has 1 saturated carbocycles. The number of benzene rings is 1. The van der Waals surface area contributed by atoms with Crippen molar-refractivity contribution in [1.29, 1.82) is 0 Å². The number of nitrogens with zero attached hydrogens (tertiary/aromatic N) is 1. The maximum Gasteiger partial charge on any atom is 0.191 e. The van der Waals surface area contributed by atoms with Gasteiger partial charge in [-0.3, -0.25) is 4.99 Å². The average molecular weight is 336 g/mol. The Morgan fingerprint density at radius 3 is 2.65 bits per heavy atom. The van der Waals surface area contributed by atoms with E-state index in [2.05, 4.69) is 39.9 Å². The normalized spacial score (nSPS) is 16.7. The molecule has 128 valence electrons. The van der Waals surface area contributed by atoms with E-state index in [1.54, 1.807) is 7.11 Å². The lowest BCUT2D eigenvalue weighted by Gasteiger charge is -2.42. The monoisotopic (exact) mass is 335 g/mol. The van der Waals surface area contributed by atoms with Gasteiger partial charge >= 0.3 is 0 Å². The quantitative estimate of drug-likeness (QED) is 0.315. The fourth-order valence-corrected chi connectivity index (χ4v) is 3.65. The number of nitrogens with one attached hydrogen (secondary N) is 2. The summed E-state index contributed by atoms with van der Waals surface area (Å²) in [5, 5.41) is 6.90. The number of guanidine groups is 1. The maximum atomic E-state index is 5.25. The van der Waals surface area contributed by atoms with Crippen LogP contribution >= 0.6 is 11.8 Å². The number of ether oxygens (including phenoxy) is 1. The van der Waals surface area contributed by atoms with Gasteiger partial charge in [0.15, 0.2) is 5.96 Å². The molecule has 1 aromatic rings. The van der Waals surface area contributed by atoms with Crippen LogP contribution in [-0.2, 0) is 4.74 Å². The first kappa shape index (κ1) is 18.1. The van der Waals surface area contributed by atoms with Crippen molar-refractivity contribution in [3.05, 3.63) is 30.3 Å². The smallest absolute Gasteiger partial charge is 0.191 e. The van der Waals surface area contributed by atoms with Crippen molar-refractivity contribution in [3.8, 4) is 0 Å². The second-order valence-corrected chi connectivity index (χ2v) is 7.28. The molecule has 5 heteroatoms. The fourth-order valence-electron chi connectivity index (χ4n) is 2.86. The van der Waals surface area contributed by atoms with Gasteiger partial charge in [-0.05, 0) is 36.8 Å². The number of hydrogen-bond acceptors (Lipinski definition) is 3. The summed E-state index contributed by atoms with van der Waals surface area (Å²) >= 11 is 1.86. The van der Waals surface area contributed by atoms with Gasteiger partial charge in [0.2, 0.25) is 0 Å². The van der Waals surface area contributed by atoms with Crippen molar-refractivity contribution < 1.29 is 4.74 Å². The van der Waals surface area contributed by atoms with Crippen LogP contribution in [0.4, 0.5) is 0 Å². The second-order valence-electron chi connectivity index (χ2n) is 6.11. The predicted octanol–water partition coefficient (Wildman–Crippen LogP) is 3.15. The third-order valence-electron chi connectivity index (χ3n) is 4.51. The predicted molar refractivity (Wildman–Crippen MR) is 99.3 cm³/mol. The molecule has 2 N–H and O–H groups in total. The van der Waals surface area contributed by atoms with E-state index in [4.69, 9.17) is 4.74 Å². The molecule has 0 spiro atoms. The molecule has 0 atom stereocenters. The summed E-state index contributed by atoms with van der Waals surface area (Å²) in [6.07, 6.45) is 5.07. The van der Waals surface area contributed by atoms with E-state index >= 15 is 0 Å². The van der Waals surface area contributed by atoms with Crippen LogP contribution in [0, 0.1) is 5.41 Å². The van der Waals surface area contributed by atoms with Gasteiger partial charge in [0.25, 0.3) is 0 Å². The largest absolute Gasteiger partial charge is 0.385 e. The highest BCUT2D eigenvalue weighted by atomic mass is 32.2. The van der Waals surface area contributed by atoms with Crippen molar-refractivity contribution in [2.75, 3.05) is 39.6 Å². The molecule has 0 bridgehead atoms. The van der Waals surface area contributed by atoms with E-state index in [1.807, 2.05) is 24.9 Å². The average Bonchev–Trinajstić information content (AvgIpc) is 2.56. The molecule has 4 nitrogen and oxygen atoms in total. The zero-order valence-electron chi connectivity index (χ0n) is 14.3. The highest BCUT2D eigenvalue weighted by Crippen LogP contribution is 2.43. The fraction of sp³-hybridized carbons (Fsp3) is 0.611. The van der Waals surface area contributed by atoms with Gasteiger partial charge in [-0.2, -0.15) is 0 Å². The molecule has 0 aliphatic heterocycles. The van der Waals surface area contributed by atoms with E-state index < -0.39 is 0 Å². The third kappa shape index (κ3) is 6.07. The summed E-state index contributed by atoms with van der Waals surface area (Å²) in [5.74, 6) is 1.93. The minimum atomic E-state index is 0.409. The lowest BCUT2D eigenvalue weighted by Crippen LogP contribution is -2.47. The molecule has 2 rings (SSSR count). The molecular weight excluding hydrogens is 306 g/mol. The van der Waals surface area contributed by atoms with Gasteiger partial charge < -0.3 is 15.4 Å².